The van der Waals surface area contributed by atoms with Crippen LogP contribution >= 0.6 is 0 Å². The highest BCUT2D eigenvalue weighted by molar-refractivity contribution is 5.93. The lowest BCUT2D eigenvalue weighted by Crippen LogP contribution is -2.45. The number of anilines is 3. The number of benzene rings is 3. The fourth-order valence-corrected chi connectivity index (χ4v) is 17.9. The average molecular weight is 1320 g/mol. The molecule has 0 radical (unpaired) electrons. The Hall–Kier alpha value is -6.30. The summed E-state index contributed by atoms with van der Waals surface area (Å²) in [5, 5.41) is 23.4. The summed E-state index contributed by atoms with van der Waals surface area (Å²) in [7, 11) is 6.95. The summed E-state index contributed by atoms with van der Waals surface area (Å²) in [6, 6.07) is 29.2. The molecule has 1 unspecified atom stereocenters. The molecule has 7 atom stereocenters. The number of rotatable bonds is 22. The average Bonchev–Trinajstić information content (AvgIpc) is 0.788. The Balaban J connectivity index is 0.635. The van der Waals surface area contributed by atoms with Crippen LogP contribution in [0, 0.1) is 0 Å². The van der Waals surface area contributed by atoms with Crippen LogP contribution in [0.3, 0.4) is 0 Å². The number of morpholine rings is 3. The number of aromatic nitrogens is 3. The van der Waals surface area contributed by atoms with Crippen LogP contribution in [0.4, 0.5) is 17.1 Å². The topological polar surface area (TPSA) is 175 Å². The zero-order chi connectivity index (χ0) is 65.6. The Bertz CT molecular complexity index is 3680. The first kappa shape index (κ1) is 66.6. The molecule has 9 heterocycles. The zero-order valence-corrected chi connectivity index (χ0v) is 57.9. The summed E-state index contributed by atoms with van der Waals surface area (Å²) < 4.78 is 17.0. The largest absolute Gasteiger partial charge is 0.384 e. The van der Waals surface area contributed by atoms with Gasteiger partial charge in [-0.25, -0.2) is 0 Å². The number of nitrogens with zero attached hydrogens (tertiary/aromatic N) is 9. The second kappa shape index (κ2) is 31.1. The van der Waals surface area contributed by atoms with Gasteiger partial charge in [-0.15, -0.1) is 0 Å². The molecule has 6 aromatic rings. The second-order valence-corrected chi connectivity index (χ2v) is 29.4. The number of pyridine rings is 3. The fraction of sp³-hybridized carbons (Fsp3) is 0.564. The Kier molecular flexibility index (Phi) is 21.3. The van der Waals surface area contributed by atoms with Crippen molar-refractivity contribution in [2.75, 3.05) is 168 Å². The Morgan fingerprint density at radius 3 is 1.71 bits per heavy atom. The summed E-state index contributed by atoms with van der Waals surface area (Å²) in [6.45, 7) is 19.5. The monoisotopic (exact) mass is 1320 g/mol. The lowest BCUT2D eigenvalue weighted by Gasteiger charge is -2.39. The smallest absolute Gasteiger partial charge is 0.238 e. The molecule has 1 amide bonds. The molecule has 9 aliphatic rings. The Labute approximate surface area is 575 Å². The second-order valence-electron chi connectivity index (χ2n) is 29.4. The van der Waals surface area contributed by atoms with Crippen LogP contribution in [0.5, 0.6) is 0 Å². The predicted molar refractivity (Wildman–Crippen MR) is 384 cm³/mol. The van der Waals surface area contributed by atoms with Gasteiger partial charge in [0.2, 0.25) is 5.91 Å². The van der Waals surface area contributed by atoms with Gasteiger partial charge in [0.25, 0.3) is 0 Å². The fourth-order valence-electron chi connectivity index (χ4n) is 17.9. The molecule has 19 nitrogen and oxygen atoms in total. The van der Waals surface area contributed by atoms with E-state index in [1.54, 1.807) is 0 Å². The third kappa shape index (κ3) is 15.4. The Morgan fingerprint density at radius 2 is 1.05 bits per heavy atom. The van der Waals surface area contributed by atoms with Gasteiger partial charge in [-0.3, -0.25) is 49.1 Å². The van der Waals surface area contributed by atoms with E-state index >= 15 is 0 Å². The van der Waals surface area contributed by atoms with Gasteiger partial charge < -0.3 is 46.1 Å². The van der Waals surface area contributed by atoms with E-state index in [4.69, 9.17) is 29.2 Å². The van der Waals surface area contributed by atoms with Crippen molar-refractivity contribution in [3.05, 3.63) is 164 Å². The summed E-state index contributed by atoms with van der Waals surface area (Å²) in [4.78, 5) is 43.8. The maximum atomic E-state index is 13.3. The van der Waals surface area contributed by atoms with E-state index in [0.29, 0.717) is 31.8 Å². The minimum atomic E-state index is 0.0427. The van der Waals surface area contributed by atoms with E-state index in [9.17, 15) is 4.79 Å². The number of fused-ring (bicyclic) bond motifs is 6. The first-order chi connectivity index (χ1) is 47.7. The minimum absolute atomic E-state index is 0.0427. The predicted octanol–water partition coefficient (Wildman–Crippen LogP) is 7.96. The molecule has 0 saturated carbocycles. The highest BCUT2D eigenvalue weighted by Crippen LogP contribution is 2.46. The van der Waals surface area contributed by atoms with Crippen molar-refractivity contribution in [1.82, 2.24) is 60.3 Å². The molecule has 3 fully saturated rings. The minimum Gasteiger partial charge on any atom is -0.384 e. The third-order valence-corrected chi connectivity index (χ3v) is 23.1. The first-order valence-corrected chi connectivity index (χ1v) is 37.0. The van der Waals surface area contributed by atoms with E-state index in [2.05, 4.69) is 161 Å². The van der Waals surface area contributed by atoms with Crippen molar-refractivity contribution in [3.8, 4) is 11.1 Å². The number of hydrogen-bond acceptors (Lipinski definition) is 18. The van der Waals surface area contributed by atoms with E-state index < -0.39 is 0 Å². The van der Waals surface area contributed by atoms with Gasteiger partial charge in [-0.1, -0.05) is 30.3 Å². The molecule has 6 aliphatic heterocycles. The van der Waals surface area contributed by atoms with Crippen molar-refractivity contribution in [2.24, 2.45) is 0 Å². The van der Waals surface area contributed by atoms with Crippen molar-refractivity contribution in [3.63, 3.8) is 0 Å². The number of ether oxygens (including phenoxy) is 3. The van der Waals surface area contributed by atoms with Gasteiger partial charge in [0.15, 0.2) is 0 Å². The summed E-state index contributed by atoms with van der Waals surface area (Å²) in [5.41, 5.74) is 23.6. The van der Waals surface area contributed by atoms with Gasteiger partial charge in [-0.2, -0.15) is 0 Å². The van der Waals surface area contributed by atoms with Gasteiger partial charge in [0.1, 0.15) is 0 Å². The standard InChI is InChI=1S/C78H105N15O4/c1-88(72-15-5-9-53-11-7-20-81-76(53)72)49-60-44-67-57(47-85-60)39-55(41-70(67)79-23-25-91-27-33-95-34-28-91)62-17-18-74(78-65(62)13-8-21-82-78)90(3)51-61-45-68-58(48-86-61)40-56(42-71(68)80-24-26-92-29-35-96-36-30-92)63-19-22-83-77-64(63)12-6-16-73(77)89(2)50-59-43-66-54(46-84-59)10-4-14-69(66)87-75(94)52-93-31-37-97-38-32-93/h4,7-8,10-11,13-14,19-22,39-42,59-62,72-74,79-80,84-86H,5-6,9,12,15-18,23-38,43-52H2,1-3H3,(H,87,94)/t59-,60-,61+,62?,72+,73+,74+/m1/s1. The van der Waals surface area contributed by atoms with Crippen LogP contribution in [0.2, 0.25) is 0 Å². The van der Waals surface area contributed by atoms with Gasteiger partial charge in [0, 0.05) is 164 Å². The van der Waals surface area contributed by atoms with Gasteiger partial charge in [-0.05, 0) is 201 Å². The first-order valence-electron chi connectivity index (χ1n) is 37.0. The lowest BCUT2D eigenvalue weighted by atomic mass is 9.77. The third-order valence-electron chi connectivity index (χ3n) is 23.1. The van der Waals surface area contributed by atoms with Crippen LogP contribution in [0.25, 0.3) is 11.1 Å². The van der Waals surface area contributed by atoms with Crippen LogP contribution < -0.4 is 31.9 Å². The number of carbonyl (C=O) groups is 1. The highest BCUT2D eigenvalue weighted by Gasteiger charge is 2.37. The number of likely N-dealkylation sites (N-methyl/N-ethyl adjacent to an activating group) is 3. The Morgan fingerprint density at radius 1 is 0.515 bits per heavy atom. The van der Waals surface area contributed by atoms with Crippen molar-refractivity contribution in [1.29, 1.82) is 0 Å². The van der Waals surface area contributed by atoms with Crippen LogP contribution in [-0.4, -0.2) is 221 Å². The van der Waals surface area contributed by atoms with Gasteiger partial charge >= 0.3 is 0 Å². The molecule has 15 rings (SSSR count). The van der Waals surface area contributed by atoms with E-state index in [0.717, 1.165) is 201 Å². The molecule has 19 heteroatoms. The normalized spacial score (nSPS) is 24.6. The highest BCUT2D eigenvalue weighted by atomic mass is 16.5. The molecule has 0 bridgehead atoms. The maximum absolute atomic E-state index is 13.3. The number of nitrogens with one attached hydrogen (secondary N) is 6. The molecular weight excluding hydrogens is 1210 g/mol. The number of aryl methyl sites for hydroxylation is 1. The van der Waals surface area contributed by atoms with Crippen LogP contribution in [0.15, 0.2) is 91.4 Å². The van der Waals surface area contributed by atoms with Crippen LogP contribution in [-0.2, 0) is 70.7 Å². The summed E-state index contributed by atoms with van der Waals surface area (Å²) in [5.74, 6) is 0.306. The molecular formula is C78H105N15O4. The molecule has 6 N–H and O–H groups in total. The molecule has 0 spiro atoms. The number of carbonyl (C=O) groups excluding carboxylic acids is 1. The van der Waals surface area contributed by atoms with E-state index in [-0.39, 0.29) is 36.0 Å². The van der Waals surface area contributed by atoms with Crippen LogP contribution in [0.1, 0.15) is 135 Å². The SMILES string of the molecule is CN(C[C@H]1Cc2c(cc(C3CC[C@H](N(C)C[C@@H]4Cc5c(cc(-c6ccnc7c6CCC[C@@H]7N(C)C[C@H]6Cc7c(cccc7NC(=O)CN7CCOCC7)CN6)cc5NCCN5CCOCC5)CN4)c4ncccc43)cc2NCCN2CCOCC2)CN1)[C@H]1CCCc2cccnc21. The molecule has 3 aliphatic carbocycles. The summed E-state index contributed by atoms with van der Waals surface area (Å²) in [6.07, 6.45) is 17.7. The number of hydrogen-bond donors (Lipinski definition) is 6. The lowest BCUT2D eigenvalue weighted by molar-refractivity contribution is -0.118. The van der Waals surface area contributed by atoms with E-state index in [1.807, 2.05) is 12.4 Å². The molecule has 516 valence electrons. The van der Waals surface area contributed by atoms with Crippen molar-refractivity contribution >= 4 is 23.0 Å². The molecule has 97 heavy (non-hydrogen) atoms. The van der Waals surface area contributed by atoms with Gasteiger partial charge in [0.05, 0.1) is 81.4 Å². The quantitative estimate of drug-likeness (QED) is 0.0386. The molecule has 3 aromatic heterocycles. The number of amides is 1. The zero-order valence-electron chi connectivity index (χ0n) is 57.9. The molecule has 3 saturated heterocycles. The van der Waals surface area contributed by atoms with E-state index in [1.165, 1.54) is 102 Å². The molecule has 3 aromatic carbocycles. The summed E-state index contributed by atoms with van der Waals surface area (Å²) >= 11 is 0. The maximum Gasteiger partial charge on any atom is 0.238 e. The van der Waals surface area contributed by atoms with Crippen molar-refractivity contribution in [2.45, 2.75) is 132 Å². The van der Waals surface area contributed by atoms with Crippen molar-refractivity contribution < 1.29 is 19.0 Å².